The van der Waals surface area contributed by atoms with Crippen molar-refractivity contribution in [3.8, 4) is 17.3 Å². The third-order valence-corrected chi connectivity index (χ3v) is 7.23. The highest BCUT2D eigenvalue weighted by Gasteiger charge is 2.41. The molecule has 3 heterocycles. The molecule has 0 aliphatic carbocycles. The SMILES string of the molecule is CO.CSC.[B]C(c1ccc(Cl)cc1)(c1c(C=O)nc(-c2cc(C=C)cnc2OC)n1C(C)C)N(C)c1cc(Cl)cn(C)c1=O. The van der Waals surface area contributed by atoms with Crippen molar-refractivity contribution in [2.75, 3.05) is 38.7 Å². The number of thioether (sulfide) groups is 1. The van der Waals surface area contributed by atoms with Crippen LogP contribution in [0.2, 0.25) is 10.0 Å². The molecule has 0 aliphatic rings. The fourth-order valence-electron chi connectivity index (χ4n) is 4.78. The minimum absolute atomic E-state index is 0.0814. The number of aromatic nitrogens is 4. The van der Waals surface area contributed by atoms with E-state index in [4.69, 9.17) is 45.9 Å². The van der Waals surface area contributed by atoms with Crippen molar-refractivity contribution in [2.24, 2.45) is 7.05 Å². The lowest BCUT2D eigenvalue weighted by molar-refractivity contribution is 0.111. The summed E-state index contributed by atoms with van der Waals surface area (Å²) in [5.41, 5.74) is 0.566. The van der Waals surface area contributed by atoms with Crippen molar-refractivity contribution in [3.05, 3.63) is 98.3 Å². The first-order valence-corrected chi connectivity index (χ1v) is 16.0. The fourth-order valence-corrected chi connectivity index (χ4v) is 5.16. The van der Waals surface area contributed by atoms with Gasteiger partial charge in [0.05, 0.1) is 28.8 Å². The zero-order valence-electron chi connectivity index (χ0n) is 26.7. The van der Waals surface area contributed by atoms with Crippen LogP contribution in [0.4, 0.5) is 5.69 Å². The first-order chi connectivity index (χ1) is 21.4. The molecule has 4 rings (SSSR count). The zero-order valence-corrected chi connectivity index (χ0v) is 29.0. The molecular formula is C32H38BCl2N5O4S. The number of aryl methyl sites for hydroxylation is 1. The van der Waals surface area contributed by atoms with Gasteiger partial charge in [-0.2, -0.15) is 11.8 Å². The third kappa shape index (κ3) is 7.84. The summed E-state index contributed by atoms with van der Waals surface area (Å²) in [6, 6.07) is 10.0. The van der Waals surface area contributed by atoms with Gasteiger partial charge in [-0.15, -0.1) is 0 Å². The van der Waals surface area contributed by atoms with Gasteiger partial charge < -0.3 is 23.9 Å². The number of imidazole rings is 1. The number of aliphatic hydroxyl groups is 1. The van der Waals surface area contributed by atoms with Gasteiger partial charge in [-0.05, 0) is 61.8 Å². The second-order valence-electron chi connectivity index (χ2n) is 9.98. The van der Waals surface area contributed by atoms with E-state index in [2.05, 4.69) is 11.6 Å². The van der Waals surface area contributed by atoms with Gasteiger partial charge in [0.2, 0.25) is 5.88 Å². The summed E-state index contributed by atoms with van der Waals surface area (Å²) in [7, 11) is 13.2. The average molecular weight is 670 g/mol. The molecule has 0 saturated carbocycles. The van der Waals surface area contributed by atoms with Gasteiger partial charge >= 0.3 is 0 Å². The summed E-state index contributed by atoms with van der Waals surface area (Å²) >= 11 is 14.3. The van der Waals surface area contributed by atoms with Gasteiger partial charge in [0.15, 0.2) is 6.29 Å². The van der Waals surface area contributed by atoms with Crippen LogP contribution in [0.1, 0.15) is 47.2 Å². The molecule has 2 radical (unpaired) electrons. The van der Waals surface area contributed by atoms with E-state index in [1.54, 1.807) is 73.4 Å². The maximum absolute atomic E-state index is 13.3. The largest absolute Gasteiger partial charge is 0.480 e. The lowest BCUT2D eigenvalue weighted by Crippen LogP contribution is -2.50. The molecule has 1 aromatic carbocycles. The van der Waals surface area contributed by atoms with E-state index in [1.165, 1.54) is 17.9 Å². The predicted octanol–water partition coefficient (Wildman–Crippen LogP) is 6.09. The number of aliphatic hydroxyl groups excluding tert-OH is 1. The van der Waals surface area contributed by atoms with E-state index < -0.39 is 5.44 Å². The summed E-state index contributed by atoms with van der Waals surface area (Å²) in [4.78, 5) is 36.8. The standard InChI is InChI=1S/C29H28BCl2N5O3.C2H6S.CH4O/c1-7-18-12-22(27(40-6)33-14-18)26-34-23(16-38)25(37(26)17(2)3)29(30,19-8-10-20(31)11-9-19)36(5)24-13-21(32)15-35(4)28(24)39;1-3-2;1-2/h7-17H,1H2,2-6H3;1-2H3;2H,1H3. The molecule has 4 aromatic rings. The van der Waals surface area contributed by atoms with Gasteiger partial charge in [0.25, 0.3) is 5.56 Å². The first kappa shape index (κ1) is 37.7. The first-order valence-electron chi connectivity index (χ1n) is 13.6. The van der Waals surface area contributed by atoms with Crippen LogP contribution >= 0.6 is 35.0 Å². The van der Waals surface area contributed by atoms with Gasteiger partial charge in [0, 0.05) is 44.7 Å². The number of rotatable bonds is 9. The molecule has 0 bridgehead atoms. The molecule has 238 valence electrons. The smallest absolute Gasteiger partial charge is 0.273 e. The van der Waals surface area contributed by atoms with E-state index in [-0.39, 0.29) is 23.0 Å². The number of benzene rings is 1. The molecule has 0 aliphatic heterocycles. The van der Waals surface area contributed by atoms with Crippen molar-refractivity contribution in [3.63, 3.8) is 0 Å². The Labute approximate surface area is 280 Å². The molecule has 1 unspecified atom stereocenters. The number of anilines is 1. The summed E-state index contributed by atoms with van der Waals surface area (Å²) in [6.45, 7) is 7.73. The molecule has 13 heteroatoms. The van der Waals surface area contributed by atoms with Crippen LogP contribution in [0.15, 0.2) is 60.2 Å². The number of hydrogen-bond acceptors (Lipinski definition) is 8. The second kappa shape index (κ2) is 16.7. The number of aldehydes is 1. The minimum Gasteiger partial charge on any atom is -0.480 e. The number of methoxy groups -OCH3 is 1. The molecule has 3 aromatic heterocycles. The number of carbonyl (C=O) groups excluding carboxylic acids is 1. The highest BCUT2D eigenvalue weighted by Crippen LogP contribution is 2.42. The van der Waals surface area contributed by atoms with Crippen LogP contribution in [0.5, 0.6) is 5.88 Å². The van der Waals surface area contributed by atoms with Crippen LogP contribution in [-0.4, -0.2) is 72.1 Å². The Bertz CT molecular complexity index is 1680. The number of pyridine rings is 2. The van der Waals surface area contributed by atoms with Crippen molar-refractivity contribution < 1.29 is 14.6 Å². The van der Waals surface area contributed by atoms with E-state index >= 15 is 0 Å². The van der Waals surface area contributed by atoms with Crippen molar-refractivity contribution in [1.82, 2.24) is 19.1 Å². The molecule has 0 fully saturated rings. The second-order valence-corrected chi connectivity index (χ2v) is 11.7. The highest BCUT2D eigenvalue weighted by molar-refractivity contribution is 7.97. The minimum atomic E-state index is -1.59. The Kier molecular flexibility index (Phi) is 14.0. The third-order valence-electron chi connectivity index (χ3n) is 6.78. The quantitative estimate of drug-likeness (QED) is 0.169. The molecule has 0 saturated heterocycles. The molecule has 0 amide bonds. The Morgan fingerprint density at radius 2 is 1.76 bits per heavy atom. The molecule has 1 N–H and O–H groups in total. The topological polar surface area (TPSA) is 102 Å². The lowest BCUT2D eigenvalue weighted by Gasteiger charge is -2.43. The monoisotopic (exact) mass is 669 g/mol. The maximum atomic E-state index is 13.3. The van der Waals surface area contributed by atoms with Crippen molar-refractivity contribution in [1.29, 1.82) is 0 Å². The van der Waals surface area contributed by atoms with Gasteiger partial charge in [-0.25, -0.2) is 9.97 Å². The summed E-state index contributed by atoms with van der Waals surface area (Å²) in [5.74, 6) is 0.726. The van der Waals surface area contributed by atoms with E-state index in [0.717, 1.165) is 12.7 Å². The number of carbonyl (C=O) groups is 1. The van der Waals surface area contributed by atoms with Crippen LogP contribution < -0.4 is 15.2 Å². The Hall–Kier alpha value is -3.51. The average Bonchev–Trinajstić information content (AvgIpc) is 3.44. The summed E-state index contributed by atoms with van der Waals surface area (Å²) in [6.07, 6.45) is 9.53. The molecule has 1 atom stereocenters. The fraction of sp³-hybridized carbons (Fsp3) is 0.312. The van der Waals surface area contributed by atoms with Crippen LogP contribution in [-0.2, 0) is 12.5 Å². The normalized spacial score (nSPS) is 11.8. The molecule has 45 heavy (non-hydrogen) atoms. The molecular weight excluding hydrogens is 632 g/mol. The van der Waals surface area contributed by atoms with E-state index in [1.807, 2.05) is 37.0 Å². The lowest BCUT2D eigenvalue weighted by atomic mass is 9.67. The van der Waals surface area contributed by atoms with Crippen LogP contribution in [0.25, 0.3) is 17.5 Å². The Morgan fingerprint density at radius 3 is 2.27 bits per heavy atom. The van der Waals surface area contributed by atoms with Crippen molar-refractivity contribution >= 4 is 60.9 Å². The van der Waals surface area contributed by atoms with Crippen LogP contribution in [0, 0.1) is 0 Å². The number of ether oxygens (including phenoxy) is 1. The Morgan fingerprint density at radius 1 is 1.16 bits per heavy atom. The van der Waals surface area contributed by atoms with Crippen molar-refractivity contribution in [2.45, 2.75) is 25.3 Å². The zero-order chi connectivity index (χ0) is 34.1. The predicted molar refractivity (Wildman–Crippen MR) is 189 cm³/mol. The molecule has 9 nitrogen and oxygen atoms in total. The Balaban J connectivity index is 0.00000133. The number of nitrogens with zero attached hydrogens (tertiary/aromatic N) is 5. The number of halogens is 2. The van der Waals surface area contributed by atoms with Gasteiger partial charge in [-0.3, -0.25) is 9.59 Å². The van der Waals surface area contributed by atoms with E-state index in [0.29, 0.717) is 44.9 Å². The highest BCUT2D eigenvalue weighted by atomic mass is 35.5. The van der Waals surface area contributed by atoms with Gasteiger partial charge in [0.1, 0.15) is 25.1 Å². The number of hydrogen-bond donors (Lipinski definition) is 1. The summed E-state index contributed by atoms with van der Waals surface area (Å²) in [5, 5.41) is 7.84. The maximum Gasteiger partial charge on any atom is 0.273 e. The van der Waals surface area contributed by atoms with Crippen LogP contribution in [0.3, 0.4) is 0 Å². The molecule has 0 spiro atoms. The van der Waals surface area contributed by atoms with E-state index in [9.17, 15) is 9.59 Å². The summed E-state index contributed by atoms with van der Waals surface area (Å²) < 4.78 is 8.79. The van der Waals surface area contributed by atoms with Gasteiger partial charge in [-0.1, -0.05) is 48.0 Å².